The van der Waals surface area contributed by atoms with E-state index in [-0.39, 0.29) is 16.5 Å². The Morgan fingerprint density at radius 3 is 2.21 bits per heavy atom. The average Bonchev–Trinajstić information content (AvgIpc) is 3.12. The van der Waals surface area contributed by atoms with Gasteiger partial charge in [-0.25, -0.2) is 0 Å². The molecule has 3 aromatic rings. The number of carbonyl (C=O) groups is 1. The van der Waals surface area contributed by atoms with E-state index in [4.69, 9.17) is 25.2 Å². The van der Waals surface area contributed by atoms with Crippen molar-refractivity contribution in [1.29, 1.82) is 0 Å². The number of nitrogens with one attached hydrogen (secondary N) is 3. The summed E-state index contributed by atoms with van der Waals surface area (Å²) in [5.74, 6) is 1.92. The Bertz CT molecular complexity index is 1450. The summed E-state index contributed by atoms with van der Waals surface area (Å²) in [5, 5.41) is 20.7. The molecule has 15 nitrogen and oxygen atoms in total. The minimum absolute atomic E-state index is 0.0796. The summed E-state index contributed by atoms with van der Waals surface area (Å²) in [5.41, 5.74) is 7.69. The lowest BCUT2D eigenvalue weighted by Crippen LogP contribution is -2.47. The molecule has 0 spiro atoms. The molecular weight excluding hydrogens is 616 g/mol. The van der Waals surface area contributed by atoms with Gasteiger partial charge < -0.3 is 41.0 Å². The third-order valence-corrected chi connectivity index (χ3v) is 8.45. The Labute approximate surface area is 280 Å². The number of hydrogen-bond acceptors (Lipinski definition) is 13. The number of nitro groups is 1. The molecule has 2 fully saturated rings. The molecule has 5 rings (SSSR count). The fraction of sp³-hybridized carbons (Fsp3) is 0.515. The number of rotatable bonds is 17. The third kappa shape index (κ3) is 10.5. The predicted molar refractivity (Wildman–Crippen MR) is 185 cm³/mol. The summed E-state index contributed by atoms with van der Waals surface area (Å²) in [4.78, 5) is 41.8. The van der Waals surface area contributed by atoms with Gasteiger partial charge in [0.05, 0.1) is 31.4 Å². The van der Waals surface area contributed by atoms with E-state index in [2.05, 4.69) is 30.7 Å². The van der Waals surface area contributed by atoms with Crippen LogP contribution in [0.5, 0.6) is 0 Å². The van der Waals surface area contributed by atoms with Crippen LogP contribution in [0.3, 0.4) is 0 Å². The molecule has 258 valence electrons. The molecule has 5 N–H and O–H groups in total. The maximum absolute atomic E-state index is 12.6. The zero-order chi connectivity index (χ0) is 33.6. The first kappa shape index (κ1) is 34.7. The maximum atomic E-state index is 12.6. The van der Waals surface area contributed by atoms with Crippen LogP contribution in [0.25, 0.3) is 0 Å². The van der Waals surface area contributed by atoms with Crippen LogP contribution >= 0.6 is 0 Å². The molecule has 0 radical (unpaired) electrons. The van der Waals surface area contributed by atoms with Gasteiger partial charge in [-0.3, -0.25) is 14.9 Å². The highest BCUT2D eigenvalue weighted by atomic mass is 16.6. The van der Waals surface area contributed by atoms with Crippen LogP contribution in [0.4, 0.5) is 34.9 Å². The van der Waals surface area contributed by atoms with Crippen LogP contribution in [0, 0.1) is 16.0 Å². The van der Waals surface area contributed by atoms with Gasteiger partial charge in [0.15, 0.2) is 0 Å². The Hall–Kier alpha value is -4.60. The number of nitrogens with two attached hydrogens (primary N) is 1. The van der Waals surface area contributed by atoms with Crippen LogP contribution in [0.2, 0.25) is 0 Å². The topological polar surface area (TPSA) is 186 Å². The molecule has 1 saturated carbocycles. The molecule has 1 aliphatic carbocycles. The summed E-state index contributed by atoms with van der Waals surface area (Å²) in [6.45, 7) is 6.30. The molecular formula is C33H46N10O5. The highest BCUT2D eigenvalue weighted by Gasteiger charge is 2.22. The van der Waals surface area contributed by atoms with Crippen LogP contribution in [0.15, 0.2) is 48.5 Å². The second-order valence-electron chi connectivity index (χ2n) is 11.9. The van der Waals surface area contributed by atoms with Crippen molar-refractivity contribution < 1.29 is 19.2 Å². The van der Waals surface area contributed by atoms with Crippen LogP contribution in [0.1, 0.15) is 42.5 Å². The number of ether oxygens (including phenoxy) is 2. The summed E-state index contributed by atoms with van der Waals surface area (Å²) >= 11 is 0. The van der Waals surface area contributed by atoms with Crippen molar-refractivity contribution >= 4 is 40.8 Å². The molecule has 48 heavy (non-hydrogen) atoms. The van der Waals surface area contributed by atoms with Gasteiger partial charge in [-0.1, -0.05) is 19.3 Å². The molecule has 2 aromatic carbocycles. The van der Waals surface area contributed by atoms with Gasteiger partial charge in [-0.2, -0.15) is 15.0 Å². The van der Waals surface area contributed by atoms with Crippen molar-refractivity contribution in [2.75, 3.05) is 92.7 Å². The SMILES string of the molecule is NCCOCCOCCNC(=O)c1ccc(Nc2nc(NCC3CCCCC3)nc(N3CCN(c4ccc([N+](=O)[O-])cc4)CC3)n2)cc1. The first-order valence-electron chi connectivity index (χ1n) is 16.7. The van der Waals surface area contributed by atoms with E-state index in [9.17, 15) is 14.9 Å². The average molecular weight is 663 g/mol. The monoisotopic (exact) mass is 662 g/mol. The zero-order valence-electron chi connectivity index (χ0n) is 27.3. The number of benzene rings is 2. The first-order chi connectivity index (χ1) is 23.5. The molecule has 1 aromatic heterocycles. The number of nitrogens with zero attached hydrogens (tertiary/aromatic N) is 6. The summed E-state index contributed by atoms with van der Waals surface area (Å²) in [7, 11) is 0. The van der Waals surface area contributed by atoms with E-state index < -0.39 is 0 Å². The fourth-order valence-electron chi connectivity index (χ4n) is 5.80. The van der Waals surface area contributed by atoms with Gasteiger partial charge in [0, 0.05) is 74.9 Å². The van der Waals surface area contributed by atoms with Crippen molar-refractivity contribution in [3.8, 4) is 0 Å². The van der Waals surface area contributed by atoms with E-state index >= 15 is 0 Å². The normalized spacial score (nSPS) is 15.3. The lowest BCUT2D eigenvalue weighted by molar-refractivity contribution is -0.384. The van der Waals surface area contributed by atoms with Crippen LogP contribution in [-0.4, -0.2) is 98.0 Å². The van der Waals surface area contributed by atoms with E-state index in [0.29, 0.717) is 81.9 Å². The number of anilines is 5. The smallest absolute Gasteiger partial charge is 0.269 e. The van der Waals surface area contributed by atoms with E-state index in [1.54, 1.807) is 24.3 Å². The minimum atomic E-state index is -0.387. The molecule has 0 bridgehead atoms. The number of hydrogen-bond donors (Lipinski definition) is 4. The minimum Gasteiger partial charge on any atom is -0.378 e. The van der Waals surface area contributed by atoms with Crippen LogP contribution in [-0.2, 0) is 9.47 Å². The molecule has 1 saturated heterocycles. The van der Waals surface area contributed by atoms with Crippen LogP contribution < -0.4 is 31.5 Å². The Balaban J connectivity index is 1.19. The molecule has 1 aliphatic heterocycles. The molecule has 0 unspecified atom stereocenters. The molecule has 1 amide bonds. The lowest BCUT2D eigenvalue weighted by Gasteiger charge is -2.36. The van der Waals surface area contributed by atoms with Crippen molar-refractivity contribution in [3.63, 3.8) is 0 Å². The second-order valence-corrected chi connectivity index (χ2v) is 11.9. The molecule has 2 aliphatic rings. The van der Waals surface area contributed by atoms with Gasteiger partial charge in [0.2, 0.25) is 17.8 Å². The predicted octanol–water partition coefficient (Wildman–Crippen LogP) is 3.56. The van der Waals surface area contributed by atoms with Crippen molar-refractivity contribution in [2.45, 2.75) is 32.1 Å². The van der Waals surface area contributed by atoms with Gasteiger partial charge in [0.1, 0.15) is 0 Å². The zero-order valence-corrected chi connectivity index (χ0v) is 27.3. The molecule has 2 heterocycles. The summed E-state index contributed by atoms with van der Waals surface area (Å²) < 4.78 is 10.7. The highest BCUT2D eigenvalue weighted by molar-refractivity contribution is 5.94. The number of carbonyl (C=O) groups excluding carboxylic acids is 1. The molecule has 15 heteroatoms. The highest BCUT2D eigenvalue weighted by Crippen LogP contribution is 2.26. The van der Waals surface area contributed by atoms with E-state index in [1.165, 1.54) is 44.2 Å². The van der Waals surface area contributed by atoms with Gasteiger partial charge >= 0.3 is 0 Å². The van der Waals surface area contributed by atoms with Crippen molar-refractivity contribution in [3.05, 3.63) is 64.2 Å². The number of aromatic nitrogens is 3. The number of nitro benzene ring substituents is 1. The van der Waals surface area contributed by atoms with E-state index in [0.717, 1.165) is 31.0 Å². The largest absolute Gasteiger partial charge is 0.378 e. The number of piperazine rings is 1. The maximum Gasteiger partial charge on any atom is 0.269 e. The fourth-order valence-corrected chi connectivity index (χ4v) is 5.80. The van der Waals surface area contributed by atoms with Gasteiger partial charge in [-0.05, 0) is 55.2 Å². The first-order valence-corrected chi connectivity index (χ1v) is 16.7. The quantitative estimate of drug-likeness (QED) is 0.0935. The number of non-ortho nitro benzene ring substituents is 1. The standard InChI is InChI=1S/C33H46N10O5/c34-14-20-47-22-23-48-21-15-35-30(44)26-6-8-27(9-7-26)37-32-38-31(36-24-25-4-2-1-3-5-25)39-33(40-32)42-18-16-41(17-19-42)28-10-12-29(13-11-28)43(45)46/h6-13,25H,1-5,14-24,34H2,(H,35,44)(H2,36,37,38,39,40). The van der Waals surface area contributed by atoms with E-state index in [1.807, 2.05) is 12.1 Å². The lowest BCUT2D eigenvalue weighted by atomic mass is 9.89. The molecule has 0 atom stereocenters. The van der Waals surface area contributed by atoms with Gasteiger partial charge in [0.25, 0.3) is 11.6 Å². The Morgan fingerprint density at radius 2 is 1.52 bits per heavy atom. The summed E-state index contributed by atoms with van der Waals surface area (Å²) in [6, 6.07) is 13.8. The number of amides is 1. The van der Waals surface area contributed by atoms with Crippen molar-refractivity contribution in [2.24, 2.45) is 11.7 Å². The second kappa shape index (κ2) is 18.1. The summed E-state index contributed by atoms with van der Waals surface area (Å²) in [6.07, 6.45) is 6.23. The van der Waals surface area contributed by atoms with Gasteiger partial charge in [-0.15, -0.1) is 0 Å². The Kier molecular flexibility index (Phi) is 13.1. The Morgan fingerprint density at radius 1 is 0.854 bits per heavy atom. The third-order valence-electron chi connectivity index (χ3n) is 8.45. The van der Waals surface area contributed by atoms with Crippen molar-refractivity contribution in [1.82, 2.24) is 20.3 Å².